The Morgan fingerprint density at radius 3 is 2.09 bits per heavy atom. The second kappa shape index (κ2) is 12.2. The molecule has 0 saturated carbocycles. The molecular formula is C23H41N3O6. The van der Waals surface area contributed by atoms with Crippen LogP contribution in [0, 0.1) is 11.8 Å². The molecule has 0 aromatic rings. The maximum absolute atomic E-state index is 13.0. The number of amides is 2. The second-order valence-electron chi connectivity index (χ2n) is 9.86. The van der Waals surface area contributed by atoms with Gasteiger partial charge in [0, 0.05) is 6.54 Å². The molecular weight excluding hydrogens is 414 g/mol. The fourth-order valence-electron chi connectivity index (χ4n) is 3.57. The SMILES string of the molecule is CCOC(=O)C(NCC(=O)N1CCCC1C(=O)NC(C(=O)OC(C)(C)C)C(C)C)C(C)C. The molecule has 3 atom stereocenters. The Kier molecular flexibility index (Phi) is 10.6. The highest BCUT2D eigenvalue weighted by atomic mass is 16.6. The van der Waals surface area contributed by atoms with Crippen molar-refractivity contribution in [1.29, 1.82) is 0 Å². The summed E-state index contributed by atoms with van der Waals surface area (Å²) in [6, 6.07) is -2.06. The lowest BCUT2D eigenvalue weighted by atomic mass is 10.0. The van der Waals surface area contributed by atoms with Crippen molar-refractivity contribution in [3.8, 4) is 0 Å². The molecule has 1 heterocycles. The van der Waals surface area contributed by atoms with Gasteiger partial charge < -0.3 is 19.7 Å². The van der Waals surface area contributed by atoms with Gasteiger partial charge in [-0.25, -0.2) is 4.79 Å². The fourth-order valence-corrected chi connectivity index (χ4v) is 3.57. The summed E-state index contributed by atoms with van der Waals surface area (Å²) in [5, 5.41) is 5.75. The maximum Gasteiger partial charge on any atom is 0.329 e. The van der Waals surface area contributed by atoms with Gasteiger partial charge in [0.1, 0.15) is 23.7 Å². The molecule has 2 amide bonds. The van der Waals surface area contributed by atoms with Gasteiger partial charge in [-0.2, -0.15) is 0 Å². The predicted molar refractivity (Wildman–Crippen MR) is 121 cm³/mol. The van der Waals surface area contributed by atoms with Crippen LogP contribution >= 0.6 is 0 Å². The molecule has 2 N–H and O–H groups in total. The summed E-state index contributed by atoms with van der Waals surface area (Å²) < 4.78 is 10.5. The van der Waals surface area contributed by atoms with Gasteiger partial charge in [0.05, 0.1) is 13.2 Å². The van der Waals surface area contributed by atoms with Gasteiger partial charge in [-0.1, -0.05) is 27.7 Å². The number of carbonyl (C=O) groups excluding carboxylic acids is 4. The number of likely N-dealkylation sites (tertiary alicyclic amines) is 1. The second-order valence-corrected chi connectivity index (χ2v) is 9.86. The van der Waals surface area contributed by atoms with E-state index in [9.17, 15) is 19.2 Å². The number of rotatable bonds is 10. The lowest BCUT2D eigenvalue weighted by molar-refractivity contribution is -0.160. The normalized spacial score (nSPS) is 18.4. The topological polar surface area (TPSA) is 114 Å². The van der Waals surface area contributed by atoms with Crippen molar-refractivity contribution in [3.63, 3.8) is 0 Å². The number of carbonyl (C=O) groups is 4. The van der Waals surface area contributed by atoms with Gasteiger partial charge in [-0.05, 0) is 52.4 Å². The highest BCUT2D eigenvalue weighted by Gasteiger charge is 2.37. The lowest BCUT2D eigenvalue weighted by Crippen LogP contribution is -2.55. The van der Waals surface area contributed by atoms with Gasteiger partial charge in [-0.3, -0.25) is 19.7 Å². The molecule has 9 nitrogen and oxygen atoms in total. The first-order chi connectivity index (χ1) is 14.8. The minimum absolute atomic E-state index is 0.0554. The van der Waals surface area contributed by atoms with E-state index in [0.717, 1.165) is 0 Å². The molecule has 9 heteroatoms. The van der Waals surface area contributed by atoms with Crippen LogP contribution in [0.5, 0.6) is 0 Å². The zero-order valence-corrected chi connectivity index (χ0v) is 20.8. The molecule has 0 aromatic carbocycles. The number of nitrogens with one attached hydrogen (secondary N) is 2. The first kappa shape index (κ1) is 27.9. The van der Waals surface area contributed by atoms with E-state index < -0.39 is 35.7 Å². The van der Waals surface area contributed by atoms with E-state index in [0.29, 0.717) is 19.4 Å². The largest absolute Gasteiger partial charge is 0.465 e. The zero-order valence-electron chi connectivity index (χ0n) is 20.8. The van der Waals surface area contributed by atoms with Crippen molar-refractivity contribution < 1.29 is 28.7 Å². The van der Waals surface area contributed by atoms with Gasteiger partial charge in [0.2, 0.25) is 11.8 Å². The maximum atomic E-state index is 13.0. The Balaban J connectivity index is 2.80. The van der Waals surface area contributed by atoms with E-state index in [4.69, 9.17) is 9.47 Å². The molecule has 0 radical (unpaired) electrons. The molecule has 0 aromatic heterocycles. The number of nitrogens with zero attached hydrogens (tertiary/aromatic N) is 1. The van der Waals surface area contributed by atoms with Crippen LogP contribution in [0.2, 0.25) is 0 Å². The highest BCUT2D eigenvalue weighted by molar-refractivity contribution is 5.92. The number of ether oxygens (including phenoxy) is 2. The Hall–Kier alpha value is -2.16. The van der Waals surface area contributed by atoms with Crippen molar-refractivity contribution >= 4 is 23.8 Å². The number of hydrogen-bond acceptors (Lipinski definition) is 7. The van der Waals surface area contributed by atoms with Crippen molar-refractivity contribution in [2.24, 2.45) is 11.8 Å². The van der Waals surface area contributed by atoms with E-state index in [1.54, 1.807) is 27.7 Å². The Bertz CT molecular complexity index is 671. The minimum Gasteiger partial charge on any atom is -0.465 e. The van der Waals surface area contributed by atoms with Gasteiger partial charge >= 0.3 is 11.9 Å². The standard InChI is InChI=1S/C23H41N3O6/c1-9-31-21(29)18(14(2)3)24-13-17(27)26-12-10-11-16(26)20(28)25-19(15(4)5)22(30)32-23(6,7)8/h14-16,18-19,24H,9-13H2,1-8H3,(H,25,28). The quantitative estimate of drug-likeness (QED) is 0.481. The number of esters is 2. The zero-order chi connectivity index (χ0) is 24.6. The van der Waals surface area contributed by atoms with Crippen LogP contribution in [0.1, 0.15) is 68.2 Å². The third-order valence-electron chi connectivity index (χ3n) is 5.18. The van der Waals surface area contributed by atoms with E-state index >= 15 is 0 Å². The molecule has 184 valence electrons. The van der Waals surface area contributed by atoms with E-state index in [-0.39, 0.29) is 36.8 Å². The molecule has 0 spiro atoms. The average Bonchev–Trinajstić information content (AvgIpc) is 3.14. The highest BCUT2D eigenvalue weighted by Crippen LogP contribution is 2.19. The van der Waals surface area contributed by atoms with Crippen molar-refractivity contribution in [2.45, 2.75) is 92.0 Å². The van der Waals surface area contributed by atoms with E-state index in [1.807, 2.05) is 27.7 Å². The van der Waals surface area contributed by atoms with Crippen LogP contribution in [0.25, 0.3) is 0 Å². The van der Waals surface area contributed by atoms with Crippen LogP contribution < -0.4 is 10.6 Å². The third kappa shape index (κ3) is 8.41. The summed E-state index contributed by atoms with van der Waals surface area (Å²) in [5.41, 5.74) is -0.665. The van der Waals surface area contributed by atoms with Crippen LogP contribution in [0.3, 0.4) is 0 Å². The predicted octanol–water partition coefficient (Wildman–Crippen LogP) is 1.64. The van der Waals surface area contributed by atoms with E-state index in [1.165, 1.54) is 4.90 Å². The average molecular weight is 456 g/mol. The third-order valence-corrected chi connectivity index (χ3v) is 5.18. The number of hydrogen-bond donors (Lipinski definition) is 2. The lowest BCUT2D eigenvalue weighted by Gasteiger charge is -2.30. The Labute approximate surface area is 191 Å². The Morgan fingerprint density at radius 1 is 1.00 bits per heavy atom. The smallest absolute Gasteiger partial charge is 0.329 e. The van der Waals surface area contributed by atoms with Gasteiger partial charge in [0.25, 0.3) is 0 Å². The van der Waals surface area contributed by atoms with Crippen molar-refractivity contribution in [2.75, 3.05) is 19.7 Å². The molecule has 0 aliphatic carbocycles. The molecule has 0 bridgehead atoms. The van der Waals surface area contributed by atoms with Crippen LogP contribution in [-0.4, -0.2) is 72.1 Å². The molecule has 1 aliphatic rings. The monoisotopic (exact) mass is 455 g/mol. The molecule has 1 aliphatic heterocycles. The van der Waals surface area contributed by atoms with Crippen LogP contribution in [0.4, 0.5) is 0 Å². The van der Waals surface area contributed by atoms with Gasteiger partial charge in [0.15, 0.2) is 0 Å². The summed E-state index contributed by atoms with van der Waals surface area (Å²) in [7, 11) is 0. The minimum atomic E-state index is -0.800. The molecule has 3 unspecified atom stereocenters. The fraction of sp³-hybridized carbons (Fsp3) is 0.826. The summed E-state index contributed by atoms with van der Waals surface area (Å²) in [5.74, 6) is -1.75. The van der Waals surface area contributed by atoms with Crippen LogP contribution in [-0.2, 0) is 28.7 Å². The molecule has 1 rings (SSSR count). The summed E-state index contributed by atoms with van der Waals surface area (Å²) in [4.78, 5) is 52.0. The molecule has 1 fully saturated rings. The molecule has 1 saturated heterocycles. The summed E-state index contributed by atoms with van der Waals surface area (Å²) in [6.07, 6.45) is 1.20. The van der Waals surface area contributed by atoms with Crippen LogP contribution in [0.15, 0.2) is 0 Å². The van der Waals surface area contributed by atoms with Crippen molar-refractivity contribution in [1.82, 2.24) is 15.5 Å². The van der Waals surface area contributed by atoms with Gasteiger partial charge in [-0.15, -0.1) is 0 Å². The van der Waals surface area contributed by atoms with Crippen molar-refractivity contribution in [3.05, 3.63) is 0 Å². The first-order valence-electron chi connectivity index (χ1n) is 11.5. The Morgan fingerprint density at radius 2 is 1.59 bits per heavy atom. The summed E-state index contributed by atoms with van der Waals surface area (Å²) >= 11 is 0. The molecule has 32 heavy (non-hydrogen) atoms. The van der Waals surface area contributed by atoms with E-state index in [2.05, 4.69) is 10.6 Å². The first-order valence-corrected chi connectivity index (χ1v) is 11.5. The summed E-state index contributed by atoms with van der Waals surface area (Å²) in [6.45, 7) is 15.1.